The fraction of sp³-hybridized carbons (Fsp3) is 0.500. The minimum Gasteiger partial charge on any atom is -0.481 e. The summed E-state index contributed by atoms with van der Waals surface area (Å²) in [6, 6.07) is 8.95. The fourth-order valence-electron chi connectivity index (χ4n) is 2.80. The van der Waals surface area contributed by atoms with Crippen LogP contribution < -0.4 is 5.32 Å². The van der Waals surface area contributed by atoms with Crippen LogP contribution >= 0.6 is 0 Å². The number of rotatable bonds is 6. The standard InChI is InChI=1S/C16H21NO4/c1-2-21-14(11-7-4-3-5-8-11)15(18)17-13-10-6-9-12(13)16(19)20/h3-5,7-8,12-14H,2,6,9-10H2,1H3,(H,17,18)(H,19,20)/t12-,13+,14?/m0/s1. The Balaban J connectivity index is 2.07. The van der Waals surface area contributed by atoms with Crippen molar-refractivity contribution in [3.8, 4) is 0 Å². The zero-order valence-corrected chi connectivity index (χ0v) is 12.1. The molecular weight excluding hydrogens is 270 g/mol. The zero-order valence-electron chi connectivity index (χ0n) is 12.1. The van der Waals surface area contributed by atoms with Crippen molar-refractivity contribution in [2.24, 2.45) is 5.92 Å². The van der Waals surface area contributed by atoms with Gasteiger partial charge in [0, 0.05) is 12.6 Å². The first-order valence-corrected chi connectivity index (χ1v) is 7.33. The Morgan fingerprint density at radius 1 is 1.33 bits per heavy atom. The van der Waals surface area contributed by atoms with E-state index in [-0.39, 0.29) is 11.9 Å². The van der Waals surface area contributed by atoms with Gasteiger partial charge in [-0.3, -0.25) is 9.59 Å². The van der Waals surface area contributed by atoms with Crippen molar-refractivity contribution in [3.63, 3.8) is 0 Å². The molecule has 2 N–H and O–H groups in total. The topological polar surface area (TPSA) is 75.6 Å². The van der Waals surface area contributed by atoms with E-state index in [4.69, 9.17) is 4.74 Å². The number of carbonyl (C=O) groups excluding carboxylic acids is 1. The van der Waals surface area contributed by atoms with Crippen molar-refractivity contribution < 1.29 is 19.4 Å². The summed E-state index contributed by atoms with van der Waals surface area (Å²) in [5, 5.41) is 12.0. The third-order valence-electron chi connectivity index (χ3n) is 3.83. The number of hydrogen-bond acceptors (Lipinski definition) is 3. The minimum absolute atomic E-state index is 0.263. The van der Waals surface area contributed by atoms with Crippen molar-refractivity contribution >= 4 is 11.9 Å². The molecule has 1 fully saturated rings. The highest BCUT2D eigenvalue weighted by Gasteiger charge is 2.35. The summed E-state index contributed by atoms with van der Waals surface area (Å²) in [6.07, 6.45) is 1.46. The Hall–Kier alpha value is -1.88. The van der Waals surface area contributed by atoms with Crippen molar-refractivity contribution in [1.82, 2.24) is 5.32 Å². The van der Waals surface area contributed by atoms with Crippen molar-refractivity contribution in [2.75, 3.05) is 6.61 Å². The van der Waals surface area contributed by atoms with E-state index in [0.717, 1.165) is 12.0 Å². The SMILES string of the molecule is CCOC(C(=O)N[C@@H]1CCC[C@@H]1C(=O)O)c1ccccc1. The van der Waals surface area contributed by atoms with Gasteiger partial charge in [-0.25, -0.2) is 0 Å². The number of carboxylic acid groups (broad SMARTS) is 1. The molecule has 21 heavy (non-hydrogen) atoms. The third kappa shape index (κ3) is 3.82. The molecular formula is C16H21NO4. The molecule has 0 heterocycles. The van der Waals surface area contributed by atoms with E-state index in [0.29, 0.717) is 19.4 Å². The molecule has 0 spiro atoms. The molecule has 1 amide bonds. The number of aliphatic carboxylic acids is 1. The van der Waals surface area contributed by atoms with Crippen LogP contribution in [0.15, 0.2) is 30.3 Å². The lowest BCUT2D eigenvalue weighted by Crippen LogP contribution is -2.43. The van der Waals surface area contributed by atoms with Gasteiger partial charge in [-0.1, -0.05) is 36.8 Å². The Morgan fingerprint density at radius 3 is 2.67 bits per heavy atom. The highest BCUT2D eigenvalue weighted by molar-refractivity contribution is 5.83. The average molecular weight is 291 g/mol. The normalized spacial score (nSPS) is 22.7. The van der Waals surface area contributed by atoms with Crippen LogP contribution in [-0.2, 0) is 14.3 Å². The van der Waals surface area contributed by atoms with E-state index in [1.54, 1.807) is 0 Å². The lowest BCUT2D eigenvalue weighted by Gasteiger charge is -2.22. The van der Waals surface area contributed by atoms with Crippen LogP contribution in [0.2, 0.25) is 0 Å². The van der Waals surface area contributed by atoms with Crippen molar-refractivity contribution in [1.29, 1.82) is 0 Å². The molecule has 2 rings (SSSR count). The van der Waals surface area contributed by atoms with Crippen LogP contribution in [0, 0.1) is 5.92 Å². The zero-order chi connectivity index (χ0) is 15.2. The largest absolute Gasteiger partial charge is 0.481 e. The lowest BCUT2D eigenvalue weighted by molar-refractivity contribution is -0.143. The Labute approximate surface area is 124 Å². The monoisotopic (exact) mass is 291 g/mol. The van der Waals surface area contributed by atoms with Crippen LogP contribution in [0.3, 0.4) is 0 Å². The molecule has 1 saturated carbocycles. The van der Waals surface area contributed by atoms with Gasteiger partial charge in [0.1, 0.15) is 0 Å². The molecule has 114 valence electrons. The van der Waals surface area contributed by atoms with Gasteiger partial charge in [0.05, 0.1) is 5.92 Å². The van der Waals surface area contributed by atoms with E-state index in [1.807, 2.05) is 37.3 Å². The highest BCUT2D eigenvalue weighted by Crippen LogP contribution is 2.27. The second-order valence-electron chi connectivity index (χ2n) is 5.24. The summed E-state index contributed by atoms with van der Waals surface area (Å²) in [7, 11) is 0. The number of nitrogens with one attached hydrogen (secondary N) is 1. The van der Waals surface area contributed by atoms with E-state index < -0.39 is 18.0 Å². The van der Waals surface area contributed by atoms with Gasteiger partial charge in [-0.05, 0) is 25.3 Å². The maximum Gasteiger partial charge on any atom is 0.308 e. The molecule has 0 bridgehead atoms. The number of amides is 1. The molecule has 0 saturated heterocycles. The van der Waals surface area contributed by atoms with E-state index >= 15 is 0 Å². The quantitative estimate of drug-likeness (QED) is 0.842. The molecule has 0 radical (unpaired) electrons. The highest BCUT2D eigenvalue weighted by atomic mass is 16.5. The number of carboxylic acids is 1. The van der Waals surface area contributed by atoms with Crippen LogP contribution in [-0.4, -0.2) is 29.6 Å². The molecule has 1 aromatic carbocycles. The van der Waals surface area contributed by atoms with Gasteiger partial charge in [0.2, 0.25) is 0 Å². The molecule has 5 heteroatoms. The van der Waals surface area contributed by atoms with Crippen LogP contribution in [0.1, 0.15) is 37.9 Å². The predicted molar refractivity (Wildman–Crippen MR) is 77.7 cm³/mol. The summed E-state index contributed by atoms with van der Waals surface area (Å²) in [5.41, 5.74) is 0.779. The summed E-state index contributed by atoms with van der Waals surface area (Å²) < 4.78 is 5.54. The van der Waals surface area contributed by atoms with E-state index in [2.05, 4.69) is 5.32 Å². The average Bonchev–Trinajstić information content (AvgIpc) is 2.94. The maximum absolute atomic E-state index is 12.4. The first kappa shape index (κ1) is 15.5. The molecule has 3 atom stereocenters. The molecule has 0 aromatic heterocycles. The number of carbonyl (C=O) groups is 2. The van der Waals surface area contributed by atoms with Gasteiger partial charge < -0.3 is 15.2 Å². The molecule has 1 unspecified atom stereocenters. The first-order chi connectivity index (χ1) is 10.1. The molecule has 5 nitrogen and oxygen atoms in total. The number of benzene rings is 1. The summed E-state index contributed by atoms with van der Waals surface area (Å²) in [4.78, 5) is 23.6. The molecule has 1 aliphatic carbocycles. The minimum atomic E-state index is -0.842. The Bertz CT molecular complexity index is 488. The van der Waals surface area contributed by atoms with Gasteiger partial charge in [0.25, 0.3) is 5.91 Å². The smallest absolute Gasteiger partial charge is 0.308 e. The van der Waals surface area contributed by atoms with Gasteiger partial charge >= 0.3 is 5.97 Å². The summed E-state index contributed by atoms with van der Waals surface area (Å²) in [5.74, 6) is -1.60. The maximum atomic E-state index is 12.4. The van der Waals surface area contributed by atoms with Gasteiger partial charge in [-0.2, -0.15) is 0 Å². The second-order valence-corrected chi connectivity index (χ2v) is 5.24. The van der Waals surface area contributed by atoms with E-state index in [1.165, 1.54) is 0 Å². The van der Waals surface area contributed by atoms with Crippen LogP contribution in [0.25, 0.3) is 0 Å². The summed E-state index contributed by atoms with van der Waals surface area (Å²) >= 11 is 0. The van der Waals surface area contributed by atoms with Crippen LogP contribution in [0.4, 0.5) is 0 Å². The first-order valence-electron chi connectivity index (χ1n) is 7.33. The van der Waals surface area contributed by atoms with E-state index in [9.17, 15) is 14.7 Å². The van der Waals surface area contributed by atoms with Crippen LogP contribution in [0.5, 0.6) is 0 Å². The third-order valence-corrected chi connectivity index (χ3v) is 3.83. The number of hydrogen-bond donors (Lipinski definition) is 2. The summed E-state index contributed by atoms with van der Waals surface area (Å²) in [6.45, 7) is 2.25. The molecule has 1 aliphatic rings. The number of ether oxygens (including phenoxy) is 1. The lowest BCUT2D eigenvalue weighted by atomic mass is 10.0. The van der Waals surface area contributed by atoms with Crippen molar-refractivity contribution in [3.05, 3.63) is 35.9 Å². The Kier molecular flexibility index (Phi) is 5.33. The predicted octanol–water partition coefficient (Wildman–Crippen LogP) is 2.13. The second kappa shape index (κ2) is 7.22. The van der Waals surface area contributed by atoms with Crippen molar-refractivity contribution in [2.45, 2.75) is 38.3 Å². The van der Waals surface area contributed by atoms with Gasteiger partial charge in [-0.15, -0.1) is 0 Å². The van der Waals surface area contributed by atoms with Gasteiger partial charge in [0.15, 0.2) is 6.10 Å². The molecule has 1 aromatic rings. The fourth-order valence-corrected chi connectivity index (χ4v) is 2.80. The molecule has 0 aliphatic heterocycles. The Morgan fingerprint density at radius 2 is 2.05 bits per heavy atom.